The summed E-state index contributed by atoms with van der Waals surface area (Å²) in [6.07, 6.45) is 6.99. The van der Waals surface area contributed by atoms with Crippen LogP contribution in [0.5, 0.6) is 0 Å². The third kappa shape index (κ3) is 18.5. The molecule has 12 heterocycles. The second-order valence-electron chi connectivity index (χ2n) is 38.7. The molecule has 12 aromatic rings. The molecule has 27 nitrogen and oxygen atoms in total. The Labute approximate surface area is 816 Å². The Hall–Kier alpha value is -14.5. The smallest absolute Gasteiger partial charge is 0.355 e. The number of carbonyl (C=O) groups is 4. The van der Waals surface area contributed by atoms with Gasteiger partial charge in [-0.25, -0.2) is 69.4 Å². The molecule has 3 saturated heterocycles. The molecule has 0 aliphatic carbocycles. The first-order valence-electron chi connectivity index (χ1n) is 48.1. The monoisotopic (exact) mass is 1920 g/mol. The maximum Gasteiger partial charge on any atom is 0.355 e. The number of aromatic nitrogens is 9. The summed E-state index contributed by atoms with van der Waals surface area (Å²) in [6, 6.07) is 33.6. The zero-order valence-corrected chi connectivity index (χ0v) is 82.9. The fourth-order valence-corrected chi connectivity index (χ4v) is 20.7. The van der Waals surface area contributed by atoms with Crippen molar-refractivity contribution >= 4 is 103 Å². The van der Waals surface area contributed by atoms with Gasteiger partial charge in [0.05, 0.1) is 67.0 Å². The van der Waals surface area contributed by atoms with E-state index < -0.39 is 52.0 Å². The van der Waals surface area contributed by atoms with Crippen molar-refractivity contribution in [3.05, 3.63) is 254 Å². The van der Waals surface area contributed by atoms with Crippen LogP contribution in [0.1, 0.15) is 149 Å². The first-order valence-corrected chi connectivity index (χ1v) is 48.1. The van der Waals surface area contributed by atoms with Gasteiger partial charge in [-0.3, -0.25) is 19.2 Å². The Bertz CT molecular complexity index is 7210. The highest BCUT2D eigenvalue weighted by Gasteiger charge is 2.41. The van der Waals surface area contributed by atoms with E-state index in [1.54, 1.807) is 45.0 Å². The van der Waals surface area contributed by atoms with Crippen LogP contribution in [-0.4, -0.2) is 219 Å². The van der Waals surface area contributed by atoms with Crippen LogP contribution in [0.15, 0.2) is 180 Å². The highest BCUT2D eigenvalue weighted by atomic mass is 19.1. The van der Waals surface area contributed by atoms with Gasteiger partial charge in [-0.1, -0.05) is 122 Å². The zero-order valence-electron chi connectivity index (χ0n) is 82.9. The number of hydrogen-bond acceptors (Lipinski definition) is 20. The number of amides is 4. The first-order chi connectivity index (χ1) is 67.3. The summed E-state index contributed by atoms with van der Waals surface area (Å²) in [5.74, 6) is -4.28. The summed E-state index contributed by atoms with van der Waals surface area (Å²) in [6.45, 7) is 38.9. The van der Waals surface area contributed by atoms with Gasteiger partial charge in [0.15, 0.2) is 34.4 Å². The predicted octanol–water partition coefficient (Wildman–Crippen LogP) is 17.2. The molecule has 33 heteroatoms. The van der Waals surface area contributed by atoms with Crippen LogP contribution in [0, 0.1) is 34.9 Å². The first kappa shape index (κ1) is 99.5. The third-order valence-electron chi connectivity index (χ3n) is 28.2. The minimum atomic E-state index is -0.839. The van der Waals surface area contributed by atoms with Crippen LogP contribution in [0.4, 0.5) is 72.2 Å². The highest BCUT2D eigenvalue weighted by molar-refractivity contribution is 6.01. The maximum atomic E-state index is 16.5. The Morgan fingerprint density at radius 2 is 0.652 bits per heavy atom. The van der Waals surface area contributed by atoms with Crippen LogP contribution < -0.4 is 56.3 Å². The molecule has 3 fully saturated rings. The second-order valence-corrected chi connectivity index (χ2v) is 38.7. The van der Waals surface area contributed by atoms with Crippen molar-refractivity contribution in [2.24, 2.45) is 0 Å². The standard InChI is InChI=1S/C36H39F2N7O3.C36H41F2N7O2.C36H40F2N6O2/c1-8-29(46)43-18-22(5)44(19-21(43)4)34-24-17-26(38)32-31-25(37)12-10-13-27(31)42(7)30(47)15-16-41(6)28-14-9-11-23(20(2)3)33(28)45(35(24)39-32)36(48)40-34;1-8-30(46)43-19-23(5)44(20-22(43)4)34-25-18-27(38)32-31-26(37)13-10-14-28(31)41(6)16-11-17-42(7)29-15-9-12-24(21(2)3)33(29)45(35(25)39-32)36(47)40-34;1-7-30(45)42-19-23(5)43(20-22(42)4)34-26-18-28(38)32-31-27(37)15-11-16-29(31)41(6)17-9-8-12-24-13-10-14-25(21(2)3)33(24)44(35(26)39-32)36(46)40-34/h8-14,17,20-22H,1,15-16,18-19H2,2-7H3;8-10,12-15,18,21-23H,1,11,16-17,19-20H2,2-7H3;7,10-11,13-16,18,21-23H,1,8-9,12,17,19-20H2,2-6H3/t21-,22+;2*22-,23+/m111/s1. The van der Waals surface area contributed by atoms with Gasteiger partial charge in [-0.15, -0.1) is 0 Å². The average Bonchev–Trinajstić information content (AvgIpc) is 1.42. The minimum absolute atomic E-state index is 0.0243. The summed E-state index contributed by atoms with van der Waals surface area (Å²) >= 11 is 0. The van der Waals surface area contributed by atoms with E-state index in [0.29, 0.717) is 110 Å². The van der Waals surface area contributed by atoms with E-state index in [9.17, 15) is 33.6 Å². The lowest BCUT2D eigenvalue weighted by atomic mass is 9.95. The number of piperazine rings is 3. The average molecular weight is 1920 g/mol. The van der Waals surface area contributed by atoms with Gasteiger partial charge in [-0.05, 0) is 192 Å². The fourth-order valence-electron chi connectivity index (χ4n) is 20.7. The second kappa shape index (κ2) is 40.4. The quantitative estimate of drug-likeness (QED) is 0.0962. The molecule has 0 radical (unpaired) electrons. The summed E-state index contributed by atoms with van der Waals surface area (Å²) in [5, 5.41) is 0.915. The van der Waals surface area contributed by atoms with Crippen LogP contribution in [0.3, 0.4) is 0 Å². The number of halogens is 6. The molecule has 6 atom stereocenters. The zero-order chi connectivity index (χ0) is 101. The molecule has 18 rings (SSSR count). The van der Waals surface area contributed by atoms with Gasteiger partial charge in [0, 0.05) is 155 Å². The summed E-state index contributed by atoms with van der Waals surface area (Å²) in [7, 11) is 9.08. The van der Waals surface area contributed by atoms with Gasteiger partial charge in [-0.2, -0.15) is 15.0 Å². The molecular weight excluding hydrogens is 1800 g/mol. The lowest BCUT2D eigenvalue weighted by molar-refractivity contribution is -0.129. The summed E-state index contributed by atoms with van der Waals surface area (Å²) < 4.78 is 101. The summed E-state index contributed by atoms with van der Waals surface area (Å²) in [4.78, 5) is 143. The van der Waals surface area contributed by atoms with E-state index in [0.717, 1.165) is 47.2 Å². The molecule has 141 heavy (non-hydrogen) atoms. The molecule has 0 unspecified atom stereocenters. The van der Waals surface area contributed by atoms with Crippen molar-refractivity contribution in [2.75, 3.05) is 140 Å². The molecule has 6 aromatic heterocycles. The number of aryl methyl sites for hydroxylation is 1. The van der Waals surface area contributed by atoms with Gasteiger partial charge >= 0.3 is 17.1 Å². The normalized spacial score (nSPS) is 18.5. The van der Waals surface area contributed by atoms with Crippen LogP contribution in [0.2, 0.25) is 0 Å². The molecule has 736 valence electrons. The summed E-state index contributed by atoms with van der Waals surface area (Å²) in [5.41, 5.74) is 6.04. The van der Waals surface area contributed by atoms with Gasteiger partial charge < -0.3 is 53.9 Å². The fraction of sp³-hybridized carbons (Fsp3) is 0.380. The molecule has 0 spiro atoms. The van der Waals surface area contributed by atoms with Gasteiger partial charge in [0.25, 0.3) is 0 Å². The van der Waals surface area contributed by atoms with Crippen molar-refractivity contribution in [3.8, 4) is 50.8 Å². The van der Waals surface area contributed by atoms with Crippen LogP contribution in [0.25, 0.3) is 83.9 Å². The van der Waals surface area contributed by atoms with Crippen molar-refractivity contribution < 1.29 is 45.5 Å². The number of fused-ring (bicyclic) bond motifs is 15. The van der Waals surface area contributed by atoms with Crippen molar-refractivity contribution in [3.63, 3.8) is 0 Å². The molecule has 6 bridgehead atoms. The van der Waals surface area contributed by atoms with Crippen molar-refractivity contribution in [2.45, 2.75) is 169 Å². The molecule has 4 amide bonds. The largest absolute Gasteiger partial charge is 0.374 e. The van der Waals surface area contributed by atoms with Crippen LogP contribution in [-0.2, 0) is 25.6 Å². The lowest BCUT2D eigenvalue weighted by Crippen LogP contribution is -2.58. The highest BCUT2D eigenvalue weighted by Crippen LogP contribution is 2.46. The maximum absolute atomic E-state index is 16.5. The van der Waals surface area contributed by atoms with Gasteiger partial charge in [0.2, 0.25) is 23.6 Å². The number of para-hydroxylation sites is 3. The number of pyridine rings is 3. The molecule has 6 aromatic carbocycles. The number of rotatable bonds is 9. The molecule has 0 saturated carbocycles. The molecular formula is C108H120F6N20O7. The Balaban J connectivity index is 0.000000152. The number of benzene rings is 6. The van der Waals surface area contributed by atoms with Gasteiger partial charge in [0.1, 0.15) is 52.0 Å². The van der Waals surface area contributed by atoms with Crippen molar-refractivity contribution in [1.29, 1.82) is 0 Å². The Kier molecular flexibility index (Phi) is 28.5. The van der Waals surface area contributed by atoms with E-state index >= 15 is 26.3 Å². The number of hydrogen-bond donors (Lipinski definition) is 0. The van der Waals surface area contributed by atoms with Crippen LogP contribution >= 0.6 is 0 Å². The SMILES string of the molecule is C=CC(=O)N1C[C@H](C)N(c2nc(=O)n3c4nc(c(F)cc24)-c2c(F)cccc2N(C)C(=O)CCN(C)c2cccc(C(C)C)c2-3)C[C@H]1C.C=CC(=O)N1C[C@H](C)N(c2nc(=O)n3c4nc(c(F)cc24)-c2c(F)cccc2N(C)CCCCc2cccc(C(C)C)c2-3)C[C@H]1C.C=CC(=O)N1C[C@H](C)N(c2nc(=O)n3c4nc(c(F)cc24)-c2c(F)cccc2N(C)CCCN(C)c2cccc(C(C)C)c2-3)C[C@H]1C. The number of anilines is 8. The molecule has 6 aliphatic rings. The number of nitrogens with zero attached hydrogens (tertiary/aromatic N) is 20. The van der Waals surface area contributed by atoms with Crippen molar-refractivity contribution in [1.82, 2.24) is 58.3 Å². The third-order valence-corrected chi connectivity index (χ3v) is 28.2. The molecule has 6 aliphatic heterocycles. The van der Waals surface area contributed by atoms with E-state index in [1.807, 2.05) is 168 Å². The number of carbonyl (C=O) groups excluding carboxylic acids is 4. The predicted molar refractivity (Wildman–Crippen MR) is 547 cm³/mol. The Morgan fingerprint density at radius 3 is 1.01 bits per heavy atom. The minimum Gasteiger partial charge on any atom is -0.374 e. The lowest BCUT2D eigenvalue weighted by Gasteiger charge is -2.44. The Morgan fingerprint density at radius 1 is 0.348 bits per heavy atom. The topological polar surface area (TPSA) is 247 Å². The molecule has 0 N–H and O–H groups in total. The van der Waals surface area contributed by atoms with E-state index in [2.05, 4.69) is 67.3 Å². The van der Waals surface area contributed by atoms with E-state index in [1.165, 1.54) is 86.3 Å². The van der Waals surface area contributed by atoms with E-state index in [-0.39, 0.29) is 170 Å². The van der Waals surface area contributed by atoms with E-state index in [4.69, 9.17) is 15.0 Å².